The van der Waals surface area contributed by atoms with Crippen LogP contribution in [0.3, 0.4) is 0 Å². The number of amides is 2. The van der Waals surface area contributed by atoms with Crippen LogP contribution in [-0.2, 0) is 9.59 Å². The number of nitrogens with zero attached hydrogens (tertiary/aromatic N) is 1. The molecule has 0 heterocycles. The van der Waals surface area contributed by atoms with Crippen LogP contribution in [-0.4, -0.2) is 27.8 Å². The van der Waals surface area contributed by atoms with E-state index in [4.69, 9.17) is 5.11 Å². The van der Waals surface area contributed by atoms with Crippen molar-refractivity contribution in [3.8, 4) is 0 Å². The maximum atomic E-state index is 12.4. The fraction of sp³-hybridized carbons (Fsp3) is 0.167. The number of carboxylic acid groups (broad SMARTS) is 1. The molecule has 0 aliphatic rings. The first-order chi connectivity index (χ1) is 12.8. The molecule has 9 nitrogen and oxygen atoms in total. The number of nitro groups is 1. The number of nitro benzene ring substituents is 1. The molecule has 140 valence electrons. The summed E-state index contributed by atoms with van der Waals surface area (Å²) in [6.45, 7) is 1.36. The lowest BCUT2D eigenvalue weighted by atomic mass is 10.0. The second kappa shape index (κ2) is 8.56. The fourth-order valence-electron chi connectivity index (χ4n) is 2.43. The number of hydrogen-bond donors (Lipinski definition) is 3. The van der Waals surface area contributed by atoms with Crippen LogP contribution in [0.4, 0.5) is 11.4 Å². The van der Waals surface area contributed by atoms with E-state index in [0.717, 1.165) is 0 Å². The highest BCUT2D eigenvalue weighted by Gasteiger charge is 2.21. The highest BCUT2D eigenvalue weighted by molar-refractivity contribution is 5.96. The van der Waals surface area contributed by atoms with Gasteiger partial charge in [-0.3, -0.25) is 24.5 Å². The van der Waals surface area contributed by atoms with Gasteiger partial charge in [-0.25, -0.2) is 0 Å². The summed E-state index contributed by atoms with van der Waals surface area (Å²) in [6.07, 6.45) is -0.434. The molecule has 0 bridgehead atoms. The SMILES string of the molecule is CC(=O)Nc1ccc(C(=O)N[C@H](CC(=O)O)c2cccc([N+](=O)[O-])c2)cc1. The van der Waals surface area contributed by atoms with Crippen LogP contribution in [0.15, 0.2) is 48.5 Å². The Morgan fingerprint density at radius 3 is 2.37 bits per heavy atom. The third kappa shape index (κ3) is 5.63. The van der Waals surface area contributed by atoms with E-state index in [2.05, 4.69) is 10.6 Å². The van der Waals surface area contributed by atoms with Gasteiger partial charge in [-0.2, -0.15) is 0 Å². The Kier molecular flexibility index (Phi) is 6.21. The van der Waals surface area contributed by atoms with Crippen molar-refractivity contribution in [2.75, 3.05) is 5.32 Å². The van der Waals surface area contributed by atoms with Crippen molar-refractivity contribution in [2.24, 2.45) is 0 Å². The van der Waals surface area contributed by atoms with Gasteiger partial charge in [-0.15, -0.1) is 0 Å². The minimum absolute atomic E-state index is 0.197. The molecule has 2 rings (SSSR count). The smallest absolute Gasteiger partial charge is 0.305 e. The Morgan fingerprint density at radius 2 is 1.81 bits per heavy atom. The first-order valence-corrected chi connectivity index (χ1v) is 7.91. The summed E-state index contributed by atoms with van der Waals surface area (Å²) in [6, 6.07) is 10.5. The number of anilines is 1. The van der Waals surface area contributed by atoms with Gasteiger partial charge in [-0.1, -0.05) is 12.1 Å². The number of benzene rings is 2. The number of rotatable bonds is 7. The molecule has 0 aliphatic heterocycles. The van der Waals surface area contributed by atoms with E-state index >= 15 is 0 Å². The molecule has 0 aromatic heterocycles. The lowest BCUT2D eigenvalue weighted by Crippen LogP contribution is -2.30. The third-order valence-electron chi connectivity index (χ3n) is 3.63. The molecule has 2 aromatic rings. The summed E-state index contributed by atoms with van der Waals surface area (Å²) in [5.41, 5.74) is 0.886. The molecule has 0 unspecified atom stereocenters. The van der Waals surface area contributed by atoms with Crippen molar-refractivity contribution >= 4 is 29.2 Å². The highest BCUT2D eigenvalue weighted by atomic mass is 16.6. The molecule has 2 amide bonds. The Bertz CT molecular complexity index is 879. The molecule has 2 aromatic carbocycles. The number of aliphatic carboxylic acids is 1. The predicted molar refractivity (Wildman–Crippen MR) is 96.3 cm³/mol. The summed E-state index contributed by atoms with van der Waals surface area (Å²) in [7, 11) is 0. The lowest BCUT2D eigenvalue weighted by molar-refractivity contribution is -0.384. The molecule has 0 saturated heterocycles. The fourth-order valence-corrected chi connectivity index (χ4v) is 2.43. The average Bonchev–Trinajstić information content (AvgIpc) is 2.61. The lowest BCUT2D eigenvalue weighted by Gasteiger charge is -2.17. The molecule has 0 saturated carbocycles. The molecule has 9 heteroatoms. The van der Waals surface area contributed by atoms with Gasteiger partial charge in [0.1, 0.15) is 0 Å². The molecule has 0 spiro atoms. The summed E-state index contributed by atoms with van der Waals surface area (Å²) in [5, 5.41) is 25.2. The molecule has 0 fully saturated rings. The quantitative estimate of drug-likeness (QED) is 0.505. The number of carbonyl (C=O) groups is 3. The van der Waals surface area contributed by atoms with Crippen LogP contribution in [0.5, 0.6) is 0 Å². The second-order valence-corrected chi connectivity index (χ2v) is 5.73. The maximum Gasteiger partial charge on any atom is 0.305 e. The Morgan fingerprint density at radius 1 is 1.15 bits per heavy atom. The second-order valence-electron chi connectivity index (χ2n) is 5.73. The Balaban J connectivity index is 2.21. The summed E-state index contributed by atoms with van der Waals surface area (Å²) < 4.78 is 0. The zero-order valence-electron chi connectivity index (χ0n) is 14.3. The average molecular weight is 371 g/mol. The van der Waals surface area contributed by atoms with Crippen LogP contribution in [0.25, 0.3) is 0 Å². The van der Waals surface area contributed by atoms with Crippen LogP contribution < -0.4 is 10.6 Å². The number of nitrogens with one attached hydrogen (secondary N) is 2. The predicted octanol–water partition coefficient (Wildman–Crippen LogP) is 2.50. The molecule has 1 atom stereocenters. The molecule has 0 radical (unpaired) electrons. The molecular formula is C18H17N3O6. The molecular weight excluding hydrogens is 354 g/mol. The van der Waals surface area contributed by atoms with Crippen molar-refractivity contribution in [3.63, 3.8) is 0 Å². The van der Waals surface area contributed by atoms with Crippen LogP contribution in [0.1, 0.15) is 35.3 Å². The highest BCUT2D eigenvalue weighted by Crippen LogP contribution is 2.22. The van der Waals surface area contributed by atoms with E-state index in [9.17, 15) is 24.5 Å². The van der Waals surface area contributed by atoms with Gasteiger partial charge in [0.05, 0.1) is 17.4 Å². The van der Waals surface area contributed by atoms with E-state index in [1.54, 1.807) is 0 Å². The summed E-state index contributed by atoms with van der Waals surface area (Å²) in [5.74, 6) is -1.95. The van der Waals surface area contributed by atoms with Crippen molar-refractivity contribution < 1.29 is 24.4 Å². The van der Waals surface area contributed by atoms with Crippen molar-refractivity contribution in [2.45, 2.75) is 19.4 Å². The molecule has 0 aliphatic carbocycles. The van der Waals surface area contributed by atoms with Gasteiger partial charge >= 0.3 is 5.97 Å². The number of carbonyl (C=O) groups excluding carboxylic acids is 2. The van der Waals surface area contributed by atoms with E-state index in [1.807, 2.05) is 0 Å². The van der Waals surface area contributed by atoms with Crippen LogP contribution >= 0.6 is 0 Å². The van der Waals surface area contributed by atoms with E-state index < -0.39 is 29.3 Å². The summed E-state index contributed by atoms with van der Waals surface area (Å²) >= 11 is 0. The largest absolute Gasteiger partial charge is 0.481 e. The van der Waals surface area contributed by atoms with Gasteiger partial charge in [0.25, 0.3) is 11.6 Å². The normalized spacial score (nSPS) is 11.3. The van der Waals surface area contributed by atoms with Gasteiger partial charge in [0, 0.05) is 30.3 Å². The van der Waals surface area contributed by atoms with Crippen LogP contribution in [0.2, 0.25) is 0 Å². The van der Waals surface area contributed by atoms with Gasteiger partial charge in [0.15, 0.2) is 0 Å². The monoisotopic (exact) mass is 371 g/mol. The van der Waals surface area contributed by atoms with Gasteiger partial charge in [-0.05, 0) is 29.8 Å². The number of non-ortho nitro benzene ring substituents is 1. The van der Waals surface area contributed by atoms with Crippen LogP contribution in [0, 0.1) is 10.1 Å². The third-order valence-corrected chi connectivity index (χ3v) is 3.63. The van der Waals surface area contributed by atoms with E-state index in [-0.39, 0.29) is 17.2 Å². The first kappa shape index (κ1) is 19.6. The first-order valence-electron chi connectivity index (χ1n) is 7.91. The molecule has 27 heavy (non-hydrogen) atoms. The van der Waals surface area contributed by atoms with E-state index in [0.29, 0.717) is 11.3 Å². The van der Waals surface area contributed by atoms with Gasteiger partial charge in [0.2, 0.25) is 5.91 Å². The Hall–Kier alpha value is -3.75. The van der Waals surface area contributed by atoms with Crippen molar-refractivity contribution in [3.05, 3.63) is 69.8 Å². The van der Waals surface area contributed by atoms with Crippen molar-refractivity contribution in [1.29, 1.82) is 0 Å². The van der Waals surface area contributed by atoms with Gasteiger partial charge < -0.3 is 15.7 Å². The Labute approximate surface area is 154 Å². The summed E-state index contributed by atoms with van der Waals surface area (Å²) in [4.78, 5) is 44.9. The standard InChI is InChI=1S/C18H17N3O6/c1-11(22)19-14-7-5-12(6-8-14)18(25)20-16(10-17(23)24)13-3-2-4-15(9-13)21(26)27/h2-9,16H,10H2,1H3,(H,19,22)(H,20,25)(H,23,24)/t16-/m1/s1. The number of carboxylic acids is 1. The maximum absolute atomic E-state index is 12.4. The van der Waals surface area contributed by atoms with Crippen molar-refractivity contribution in [1.82, 2.24) is 5.32 Å². The minimum atomic E-state index is -1.16. The zero-order valence-corrected chi connectivity index (χ0v) is 14.3. The topological polar surface area (TPSA) is 139 Å². The van der Waals surface area contributed by atoms with E-state index in [1.165, 1.54) is 55.5 Å². The number of hydrogen-bond acceptors (Lipinski definition) is 5. The molecule has 3 N–H and O–H groups in total. The zero-order chi connectivity index (χ0) is 20.0. The minimum Gasteiger partial charge on any atom is -0.481 e.